The Morgan fingerprint density at radius 3 is 2.42 bits per heavy atom. The van der Waals surface area contributed by atoms with Crippen molar-refractivity contribution in [3.05, 3.63) is 58.3 Å². The van der Waals surface area contributed by atoms with Gasteiger partial charge in [0.05, 0.1) is 0 Å². The van der Waals surface area contributed by atoms with Gasteiger partial charge in [-0.15, -0.1) is 0 Å². The Balaban J connectivity index is 2.25. The molecule has 0 saturated heterocycles. The molecule has 4 N–H and O–H groups in total. The van der Waals surface area contributed by atoms with E-state index in [1.54, 1.807) is 6.20 Å². The number of hydrogen-bond acceptors (Lipinski definition) is 3. The molecule has 0 fully saturated rings. The van der Waals surface area contributed by atoms with Crippen molar-refractivity contribution in [2.24, 2.45) is 5.73 Å². The summed E-state index contributed by atoms with van der Waals surface area (Å²) in [5.74, 6) is 0.538. The fourth-order valence-electron chi connectivity index (χ4n) is 2.36. The van der Waals surface area contributed by atoms with Crippen molar-refractivity contribution in [3.63, 3.8) is 0 Å². The van der Waals surface area contributed by atoms with Crippen LogP contribution < -0.4 is 11.5 Å². The summed E-state index contributed by atoms with van der Waals surface area (Å²) in [5, 5.41) is 0. The predicted octanol–water partition coefficient (Wildman–Crippen LogP) is 2.83. The summed E-state index contributed by atoms with van der Waals surface area (Å²) in [7, 11) is 0. The molecule has 0 bridgehead atoms. The lowest BCUT2D eigenvalue weighted by atomic mass is 9.95. The molecular formula is C16H21N3. The molecule has 2 aromatic rings. The second-order valence-corrected chi connectivity index (χ2v) is 5.16. The second kappa shape index (κ2) is 5.41. The molecule has 0 aliphatic heterocycles. The lowest BCUT2D eigenvalue weighted by Gasteiger charge is -2.17. The average Bonchev–Trinajstić information content (AvgIpc) is 2.33. The normalized spacial score (nSPS) is 12.4. The van der Waals surface area contributed by atoms with Crippen LogP contribution in [0.1, 0.15) is 33.9 Å². The largest absolute Gasteiger partial charge is 0.383 e. The van der Waals surface area contributed by atoms with Gasteiger partial charge in [-0.1, -0.05) is 18.2 Å². The van der Waals surface area contributed by atoms with Crippen molar-refractivity contribution in [1.29, 1.82) is 0 Å². The summed E-state index contributed by atoms with van der Waals surface area (Å²) in [4.78, 5) is 4.13. The summed E-state index contributed by atoms with van der Waals surface area (Å²) in [5.41, 5.74) is 18.1. The molecule has 0 aliphatic rings. The van der Waals surface area contributed by atoms with Crippen molar-refractivity contribution in [2.45, 2.75) is 33.2 Å². The zero-order valence-corrected chi connectivity index (χ0v) is 11.8. The first-order valence-electron chi connectivity index (χ1n) is 6.51. The van der Waals surface area contributed by atoms with Gasteiger partial charge in [0.15, 0.2) is 0 Å². The first-order valence-corrected chi connectivity index (χ1v) is 6.51. The van der Waals surface area contributed by atoms with Gasteiger partial charge in [0.2, 0.25) is 0 Å². The Hall–Kier alpha value is -1.87. The number of benzene rings is 1. The Morgan fingerprint density at radius 2 is 1.79 bits per heavy atom. The number of anilines is 1. The minimum absolute atomic E-state index is 0.115. The van der Waals surface area contributed by atoms with E-state index in [4.69, 9.17) is 11.5 Å². The minimum Gasteiger partial charge on any atom is -0.383 e. The average molecular weight is 255 g/mol. The summed E-state index contributed by atoms with van der Waals surface area (Å²) in [6, 6.07) is 8.29. The Kier molecular flexibility index (Phi) is 3.86. The molecule has 0 spiro atoms. The van der Waals surface area contributed by atoms with Crippen molar-refractivity contribution >= 4 is 5.82 Å². The molecular weight excluding hydrogens is 234 g/mol. The van der Waals surface area contributed by atoms with Crippen LogP contribution in [-0.2, 0) is 6.42 Å². The maximum Gasteiger partial charge on any atom is 0.128 e. The third kappa shape index (κ3) is 2.93. The van der Waals surface area contributed by atoms with Gasteiger partial charge in [0.1, 0.15) is 5.82 Å². The van der Waals surface area contributed by atoms with Crippen LogP contribution in [0.25, 0.3) is 0 Å². The summed E-state index contributed by atoms with van der Waals surface area (Å²) < 4.78 is 0. The molecule has 19 heavy (non-hydrogen) atoms. The molecule has 1 atom stereocenters. The number of pyridine rings is 1. The molecule has 0 aliphatic carbocycles. The van der Waals surface area contributed by atoms with E-state index < -0.39 is 0 Å². The zero-order chi connectivity index (χ0) is 14.0. The fraction of sp³-hybridized carbons (Fsp3) is 0.312. The maximum atomic E-state index is 6.30. The van der Waals surface area contributed by atoms with E-state index in [1.807, 2.05) is 13.0 Å². The van der Waals surface area contributed by atoms with E-state index in [1.165, 1.54) is 16.7 Å². The molecule has 2 rings (SSSR count). The first-order chi connectivity index (χ1) is 8.99. The highest BCUT2D eigenvalue weighted by Gasteiger charge is 2.14. The van der Waals surface area contributed by atoms with Crippen LogP contribution in [0.4, 0.5) is 5.82 Å². The number of nitrogen functional groups attached to an aromatic ring is 1. The van der Waals surface area contributed by atoms with Crippen molar-refractivity contribution in [2.75, 3.05) is 5.73 Å². The number of aryl methyl sites for hydroxylation is 3. The van der Waals surface area contributed by atoms with Gasteiger partial charge in [0.25, 0.3) is 0 Å². The van der Waals surface area contributed by atoms with Gasteiger partial charge in [0, 0.05) is 17.8 Å². The highest BCUT2D eigenvalue weighted by Crippen LogP contribution is 2.24. The van der Waals surface area contributed by atoms with Crippen LogP contribution >= 0.6 is 0 Å². The highest BCUT2D eigenvalue weighted by molar-refractivity contribution is 5.46. The standard InChI is InChI=1S/C16H21N3/c1-10-4-5-13(8-12(10)3)9-14(17)15-11(2)6-7-19-16(15)18/h4-8,14H,9,17H2,1-3H3,(H2,18,19). The summed E-state index contributed by atoms with van der Waals surface area (Å²) in [6.45, 7) is 6.25. The number of nitrogens with two attached hydrogens (primary N) is 2. The third-order valence-corrected chi connectivity index (χ3v) is 3.64. The smallest absolute Gasteiger partial charge is 0.128 e. The number of rotatable bonds is 3. The molecule has 0 saturated carbocycles. The first kappa shape index (κ1) is 13.6. The van der Waals surface area contributed by atoms with E-state index in [9.17, 15) is 0 Å². The van der Waals surface area contributed by atoms with Gasteiger partial charge in [-0.3, -0.25) is 0 Å². The van der Waals surface area contributed by atoms with E-state index in [-0.39, 0.29) is 6.04 Å². The van der Waals surface area contributed by atoms with Gasteiger partial charge in [-0.25, -0.2) is 4.98 Å². The Labute approximate surface area is 114 Å². The van der Waals surface area contributed by atoms with Crippen molar-refractivity contribution < 1.29 is 0 Å². The molecule has 1 aromatic heterocycles. The molecule has 1 heterocycles. The molecule has 3 heteroatoms. The van der Waals surface area contributed by atoms with E-state index in [0.717, 1.165) is 17.5 Å². The van der Waals surface area contributed by atoms with E-state index >= 15 is 0 Å². The van der Waals surface area contributed by atoms with Crippen LogP contribution in [0, 0.1) is 20.8 Å². The van der Waals surface area contributed by atoms with Crippen LogP contribution in [-0.4, -0.2) is 4.98 Å². The molecule has 1 aromatic carbocycles. The molecule has 0 radical (unpaired) electrons. The fourth-order valence-corrected chi connectivity index (χ4v) is 2.36. The maximum absolute atomic E-state index is 6.30. The van der Waals surface area contributed by atoms with Gasteiger partial charge in [-0.05, 0) is 55.5 Å². The molecule has 3 nitrogen and oxygen atoms in total. The Morgan fingerprint density at radius 1 is 1.05 bits per heavy atom. The molecule has 1 unspecified atom stereocenters. The minimum atomic E-state index is -0.115. The SMILES string of the molecule is Cc1ccc(CC(N)c2c(C)ccnc2N)cc1C. The second-order valence-electron chi connectivity index (χ2n) is 5.16. The van der Waals surface area contributed by atoms with Crippen LogP contribution in [0.5, 0.6) is 0 Å². The van der Waals surface area contributed by atoms with E-state index in [2.05, 4.69) is 37.0 Å². The van der Waals surface area contributed by atoms with Gasteiger partial charge in [-0.2, -0.15) is 0 Å². The number of hydrogen-bond donors (Lipinski definition) is 2. The topological polar surface area (TPSA) is 64.9 Å². The molecule has 0 amide bonds. The van der Waals surface area contributed by atoms with Gasteiger partial charge >= 0.3 is 0 Å². The van der Waals surface area contributed by atoms with E-state index in [0.29, 0.717) is 5.82 Å². The highest BCUT2D eigenvalue weighted by atomic mass is 14.8. The Bertz CT molecular complexity index is 570. The van der Waals surface area contributed by atoms with Crippen LogP contribution in [0.15, 0.2) is 30.5 Å². The zero-order valence-electron chi connectivity index (χ0n) is 11.8. The monoisotopic (exact) mass is 255 g/mol. The lowest BCUT2D eigenvalue weighted by molar-refractivity contribution is 0.715. The summed E-state index contributed by atoms with van der Waals surface area (Å²) in [6.07, 6.45) is 2.49. The quantitative estimate of drug-likeness (QED) is 0.886. The van der Waals surface area contributed by atoms with Crippen LogP contribution in [0.2, 0.25) is 0 Å². The third-order valence-electron chi connectivity index (χ3n) is 3.64. The van der Waals surface area contributed by atoms with Crippen molar-refractivity contribution in [1.82, 2.24) is 4.98 Å². The predicted molar refractivity (Wildman–Crippen MR) is 79.9 cm³/mol. The summed E-state index contributed by atoms with van der Waals surface area (Å²) >= 11 is 0. The van der Waals surface area contributed by atoms with Gasteiger partial charge < -0.3 is 11.5 Å². The molecule has 100 valence electrons. The van der Waals surface area contributed by atoms with Crippen molar-refractivity contribution in [3.8, 4) is 0 Å². The number of aromatic nitrogens is 1. The number of nitrogens with zero attached hydrogens (tertiary/aromatic N) is 1. The lowest BCUT2D eigenvalue weighted by Crippen LogP contribution is -2.17. The van der Waals surface area contributed by atoms with Crippen LogP contribution in [0.3, 0.4) is 0 Å².